The molecule has 0 saturated carbocycles. The molecule has 8 nitrogen and oxygen atoms in total. The van der Waals surface area contributed by atoms with Crippen LogP contribution >= 0.6 is 0 Å². The molecule has 0 fully saturated rings. The first-order chi connectivity index (χ1) is 13.9. The van der Waals surface area contributed by atoms with Crippen molar-refractivity contribution >= 4 is 5.91 Å². The number of nitrogens with zero attached hydrogens (tertiary/aromatic N) is 4. The summed E-state index contributed by atoms with van der Waals surface area (Å²) in [5.41, 5.74) is 11.4. The number of fused-ring (bicyclic) bond motifs is 1. The van der Waals surface area contributed by atoms with Gasteiger partial charge in [-0.25, -0.2) is 0 Å². The van der Waals surface area contributed by atoms with Crippen molar-refractivity contribution in [1.82, 2.24) is 4.90 Å². The van der Waals surface area contributed by atoms with E-state index in [-0.39, 0.29) is 23.8 Å². The van der Waals surface area contributed by atoms with Gasteiger partial charge in [-0.05, 0) is 30.3 Å². The molecule has 3 rings (SSSR count). The second kappa shape index (κ2) is 7.67. The van der Waals surface area contributed by atoms with Crippen LogP contribution in [0.2, 0.25) is 0 Å². The minimum Gasteiger partial charge on any atom is -0.484 e. The molecule has 29 heavy (non-hydrogen) atoms. The summed E-state index contributed by atoms with van der Waals surface area (Å²) in [6, 6.07) is 13.1. The predicted molar refractivity (Wildman–Crippen MR) is 103 cm³/mol. The predicted octanol–water partition coefficient (Wildman–Crippen LogP) is 0.906. The summed E-state index contributed by atoms with van der Waals surface area (Å²) in [5, 5.41) is 29.7. The van der Waals surface area contributed by atoms with E-state index in [1.165, 1.54) is 0 Å². The van der Waals surface area contributed by atoms with E-state index in [0.717, 1.165) is 11.1 Å². The number of likely N-dealkylation sites (N-methyl/N-ethyl adjacent to an activating group) is 1. The zero-order chi connectivity index (χ0) is 21.2. The standard InChI is InChI=1S/C21H20N6O2/c1-27-7-6-15-16(8-22)20(26)21(11-23,12-24)19(17(15)9-27)13-2-4-14(5-3-13)29-10-18(25)28/h2-6,17,19H,7,9-10,26H2,1H3,(H2,25,28). The summed E-state index contributed by atoms with van der Waals surface area (Å²) in [4.78, 5) is 13.0. The second-order valence-electron chi connectivity index (χ2n) is 7.22. The van der Waals surface area contributed by atoms with Crippen molar-refractivity contribution in [2.45, 2.75) is 5.92 Å². The number of rotatable bonds is 4. The van der Waals surface area contributed by atoms with Gasteiger partial charge in [-0.3, -0.25) is 4.79 Å². The van der Waals surface area contributed by atoms with Gasteiger partial charge in [0.2, 0.25) is 0 Å². The first-order valence-electron chi connectivity index (χ1n) is 9.00. The summed E-state index contributed by atoms with van der Waals surface area (Å²) in [7, 11) is 1.94. The molecule has 2 aliphatic rings. The molecular formula is C21H20N6O2. The Bertz CT molecular complexity index is 1010. The lowest BCUT2D eigenvalue weighted by Crippen LogP contribution is -2.47. The lowest BCUT2D eigenvalue weighted by molar-refractivity contribution is -0.119. The molecule has 146 valence electrons. The van der Waals surface area contributed by atoms with Crippen LogP contribution in [0.4, 0.5) is 0 Å². The van der Waals surface area contributed by atoms with E-state index in [0.29, 0.717) is 18.8 Å². The van der Waals surface area contributed by atoms with Crippen LogP contribution < -0.4 is 16.2 Å². The normalized spacial score (nSPS) is 23.0. The Morgan fingerprint density at radius 3 is 2.48 bits per heavy atom. The number of primary amides is 1. The maximum Gasteiger partial charge on any atom is 0.255 e. The highest BCUT2D eigenvalue weighted by molar-refractivity contribution is 5.75. The molecular weight excluding hydrogens is 368 g/mol. The first kappa shape index (κ1) is 19.9. The quantitative estimate of drug-likeness (QED) is 0.777. The van der Waals surface area contributed by atoms with Gasteiger partial charge in [-0.2, -0.15) is 15.8 Å². The Labute approximate surface area is 168 Å². The molecule has 8 heteroatoms. The Balaban J connectivity index is 2.14. The fourth-order valence-corrected chi connectivity index (χ4v) is 4.13. The van der Waals surface area contributed by atoms with Crippen molar-refractivity contribution in [2.75, 3.05) is 26.7 Å². The molecule has 1 aromatic carbocycles. The number of allylic oxidation sites excluding steroid dienone is 2. The van der Waals surface area contributed by atoms with Gasteiger partial charge in [0.05, 0.1) is 23.4 Å². The van der Waals surface area contributed by atoms with Crippen LogP contribution in [-0.4, -0.2) is 37.6 Å². The monoisotopic (exact) mass is 388 g/mol. The maximum absolute atomic E-state index is 10.9. The van der Waals surface area contributed by atoms with Gasteiger partial charge >= 0.3 is 0 Å². The number of carbonyl (C=O) groups is 1. The van der Waals surface area contributed by atoms with E-state index in [9.17, 15) is 20.6 Å². The van der Waals surface area contributed by atoms with E-state index in [4.69, 9.17) is 16.2 Å². The summed E-state index contributed by atoms with van der Waals surface area (Å²) in [6.45, 7) is 0.994. The third-order valence-corrected chi connectivity index (χ3v) is 5.47. The average molecular weight is 388 g/mol. The molecule has 2 unspecified atom stereocenters. The molecule has 1 heterocycles. The third kappa shape index (κ3) is 3.29. The largest absolute Gasteiger partial charge is 0.484 e. The second-order valence-corrected chi connectivity index (χ2v) is 7.22. The van der Waals surface area contributed by atoms with E-state index in [1.807, 2.05) is 13.1 Å². The number of nitriles is 3. The van der Waals surface area contributed by atoms with Gasteiger partial charge in [0.15, 0.2) is 12.0 Å². The van der Waals surface area contributed by atoms with Crippen LogP contribution in [0.25, 0.3) is 0 Å². The van der Waals surface area contributed by atoms with Crippen LogP contribution in [0.3, 0.4) is 0 Å². The van der Waals surface area contributed by atoms with Crippen molar-refractivity contribution in [3.05, 3.63) is 52.7 Å². The number of benzene rings is 1. The van der Waals surface area contributed by atoms with Gasteiger partial charge < -0.3 is 21.1 Å². The highest BCUT2D eigenvalue weighted by atomic mass is 16.5. The summed E-state index contributed by atoms with van der Waals surface area (Å²) < 4.78 is 5.29. The van der Waals surface area contributed by atoms with Gasteiger partial charge in [-0.15, -0.1) is 0 Å². The topological polar surface area (TPSA) is 153 Å². The minimum absolute atomic E-state index is 0.00360. The number of hydrogen-bond acceptors (Lipinski definition) is 7. The van der Waals surface area contributed by atoms with Crippen molar-refractivity contribution in [3.63, 3.8) is 0 Å². The fourth-order valence-electron chi connectivity index (χ4n) is 4.13. The Morgan fingerprint density at radius 1 is 1.28 bits per heavy atom. The maximum atomic E-state index is 10.9. The molecule has 0 aromatic heterocycles. The van der Waals surface area contributed by atoms with Gasteiger partial charge in [0.25, 0.3) is 5.91 Å². The molecule has 0 radical (unpaired) electrons. The van der Waals surface area contributed by atoms with Crippen LogP contribution in [0.1, 0.15) is 11.5 Å². The zero-order valence-electron chi connectivity index (χ0n) is 15.9. The van der Waals surface area contributed by atoms with Crippen molar-refractivity contribution < 1.29 is 9.53 Å². The van der Waals surface area contributed by atoms with Crippen molar-refractivity contribution in [1.29, 1.82) is 15.8 Å². The van der Waals surface area contributed by atoms with Crippen molar-refractivity contribution in [3.8, 4) is 24.0 Å². The van der Waals surface area contributed by atoms with Crippen LogP contribution in [0, 0.1) is 45.3 Å². The molecule has 0 spiro atoms. The first-order valence-corrected chi connectivity index (χ1v) is 9.00. The van der Waals surface area contributed by atoms with Gasteiger partial charge in [0, 0.05) is 24.9 Å². The summed E-state index contributed by atoms with van der Waals surface area (Å²) >= 11 is 0. The number of ether oxygens (including phenoxy) is 1. The van der Waals surface area contributed by atoms with Crippen LogP contribution in [0.5, 0.6) is 5.75 Å². The highest BCUT2D eigenvalue weighted by Gasteiger charge is 2.54. The molecule has 4 N–H and O–H groups in total. The Morgan fingerprint density at radius 2 is 1.93 bits per heavy atom. The van der Waals surface area contributed by atoms with Crippen molar-refractivity contribution in [2.24, 2.45) is 22.8 Å². The minimum atomic E-state index is -1.67. The van der Waals surface area contributed by atoms with E-state index in [1.54, 1.807) is 24.3 Å². The highest BCUT2D eigenvalue weighted by Crippen LogP contribution is 2.54. The van der Waals surface area contributed by atoms with Gasteiger partial charge in [-0.1, -0.05) is 18.2 Å². The van der Waals surface area contributed by atoms with Gasteiger partial charge in [0.1, 0.15) is 11.8 Å². The Hall–Kier alpha value is -3.80. The molecule has 1 amide bonds. The summed E-state index contributed by atoms with van der Waals surface area (Å²) in [5.74, 6) is -0.946. The lowest BCUT2D eigenvalue weighted by atomic mass is 9.58. The molecule has 0 bridgehead atoms. The Kier molecular flexibility index (Phi) is 5.28. The molecule has 2 atom stereocenters. The summed E-state index contributed by atoms with van der Waals surface area (Å²) in [6.07, 6.45) is 1.94. The number of amides is 1. The average Bonchev–Trinajstić information content (AvgIpc) is 2.72. The molecule has 1 aromatic rings. The SMILES string of the molecule is CN1CC=C2C(C#N)=C(N)C(C#N)(C#N)C(c3ccc(OCC(N)=O)cc3)C2C1. The van der Waals surface area contributed by atoms with Crippen LogP contribution in [-0.2, 0) is 4.79 Å². The smallest absolute Gasteiger partial charge is 0.255 e. The van der Waals surface area contributed by atoms with E-state index in [2.05, 4.69) is 23.1 Å². The zero-order valence-corrected chi connectivity index (χ0v) is 15.9. The lowest BCUT2D eigenvalue weighted by Gasteiger charge is -2.45. The molecule has 1 aliphatic carbocycles. The number of carbonyl (C=O) groups excluding carboxylic acids is 1. The van der Waals surface area contributed by atoms with E-state index >= 15 is 0 Å². The van der Waals surface area contributed by atoms with E-state index < -0.39 is 17.2 Å². The molecule has 0 saturated heterocycles. The molecule has 1 aliphatic heterocycles. The fraction of sp³-hybridized carbons (Fsp3) is 0.333. The third-order valence-electron chi connectivity index (χ3n) is 5.47. The number of hydrogen-bond donors (Lipinski definition) is 2. The number of nitrogens with two attached hydrogens (primary N) is 2. The van der Waals surface area contributed by atoms with Crippen LogP contribution in [0.15, 0.2) is 47.2 Å².